The van der Waals surface area contributed by atoms with E-state index in [1.165, 1.54) is 11.0 Å². The quantitative estimate of drug-likeness (QED) is 0.159. The lowest BCUT2D eigenvalue weighted by atomic mass is 10.1. The zero-order valence-corrected chi connectivity index (χ0v) is 28.6. The summed E-state index contributed by atoms with van der Waals surface area (Å²) in [5.74, 6) is -5.48. The first-order valence-electron chi connectivity index (χ1n) is 14.7. The molecule has 2 amide bonds. The summed E-state index contributed by atoms with van der Waals surface area (Å²) >= 11 is 0. The van der Waals surface area contributed by atoms with E-state index in [1.54, 1.807) is 51.1 Å². The van der Waals surface area contributed by atoms with Crippen molar-refractivity contribution in [3.05, 3.63) is 53.3 Å². The second-order valence-electron chi connectivity index (χ2n) is 13.6. The molecular formula is C32H42F4N2O7Si. The number of nitrogens with zero attached hydrogens (tertiary/aromatic N) is 2. The molecule has 0 unspecified atom stereocenters. The minimum atomic E-state index is -5.47. The van der Waals surface area contributed by atoms with Gasteiger partial charge in [0.1, 0.15) is 30.2 Å². The minimum absolute atomic E-state index is 0.0140. The summed E-state index contributed by atoms with van der Waals surface area (Å²) in [4.78, 5) is 39.7. The maximum absolute atomic E-state index is 16.7. The molecule has 0 saturated carbocycles. The monoisotopic (exact) mass is 670 g/mol. The van der Waals surface area contributed by atoms with Crippen molar-refractivity contribution in [2.45, 2.75) is 90.5 Å². The lowest BCUT2D eigenvalue weighted by Crippen LogP contribution is -2.48. The van der Waals surface area contributed by atoms with E-state index >= 15 is 4.39 Å². The number of ether oxygens (including phenoxy) is 3. The zero-order valence-electron chi connectivity index (χ0n) is 27.6. The Balaban J connectivity index is 2.24. The highest BCUT2D eigenvalue weighted by Crippen LogP contribution is 2.46. The van der Waals surface area contributed by atoms with Gasteiger partial charge < -0.3 is 18.6 Å². The average molecular weight is 671 g/mol. The molecule has 0 radical (unpaired) electrons. The van der Waals surface area contributed by atoms with Gasteiger partial charge in [0, 0.05) is 18.1 Å². The number of halogens is 4. The minimum Gasteiger partial charge on any atom is -0.487 e. The molecule has 1 aliphatic heterocycles. The fourth-order valence-corrected chi connectivity index (χ4v) is 5.53. The fraction of sp³-hybridized carbons (Fsp3) is 0.531. The van der Waals surface area contributed by atoms with Gasteiger partial charge in [-0.1, -0.05) is 51.1 Å². The highest BCUT2D eigenvalue weighted by atomic mass is 28.4. The molecule has 1 atom stereocenters. The van der Waals surface area contributed by atoms with E-state index in [0.717, 1.165) is 7.11 Å². The van der Waals surface area contributed by atoms with Crippen molar-refractivity contribution in [3.8, 4) is 5.75 Å². The van der Waals surface area contributed by atoms with Gasteiger partial charge in [-0.05, 0) is 44.5 Å². The van der Waals surface area contributed by atoms with Crippen LogP contribution in [0.15, 0.2) is 36.4 Å². The van der Waals surface area contributed by atoms with E-state index in [1.807, 2.05) is 33.9 Å². The van der Waals surface area contributed by atoms with Gasteiger partial charge in [-0.2, -0.15) is 13.2 Å². The van der Waals surface area contributed by atoms with Crippen LogP contribution < -0.4 is 14.5 Å². The van der Waals surface area contributed by atoms with E-state index in [9.17, 15) is 27.6 Å². The van der Waals surface area contributed by atoms with Crippen molar-refractivity contribution >= 4 is 37.7 Å². The van der Waals surface area contributed by atoms with Crippen molar-refractivity contribution in [3.63, 3.8) is 0 Å². The number of esters is 1. The number of carbonyl (C=O) groups excluding carboxylic acids is 3. The molecule has 14 heteroatoms. The van der Waals surface area contributed by atoms with Crippen LogP contribution in [0.2, 0.25) is 18.1 Å². The first-order chi connectivity index (χ1) is 21.1. The zero-order chi connectivity index (χ0) is 34.8. The Labute approximate surface area is 267 Å². The third-order valence-electron chi connectivity index (χ3n) is 7.89. The van der Waals surface area contributed by atoms with Crippen molar-refractivity contribution in [1.82, 2.24) is 0 Å². The highest BCUT2D eigenvalue weighted by molar-refractivity contribution is 6.74. The van der Waals surface area contributed by atoms with E-state index in [0.29, 0.717) is 5.56 Å². The van der Waals surface area contributed by atoms with Crippen LogP contribution in [0.25, 0.3) is 0 Å². The molecule has 46 heavy (non-hydrogen) atoms. The van der Waals surface area contributed by atoms with E-state index in [2.05, 4.69) is 4.74 Å². The van der Waals surface area contributed by atoms with Crippen LogP contribution in [-0.2, 0) is 36.5 Å². The molecule has 254 valence electrons. The molecule has 0 saturated heterocycles. The van der Waals surface area contributed by atoms with Crippen LogP contribution in [-0.4, -0.2) is 64.4 Å². The molecular weight excluding hydrogens is 628 g/mol. The second kappa shape index (κ2) is 13.6. The van der Waals surface area contributed by atoms with Crippen molar-refractivity contribution in [1.29, 1.82) is 0 Å². The number of hydrogen-bond donors (Lipinski definition) is 0. The molecule has 0 bridgehead atoms. The summed E-state index contributed by atoms with van der Waals surface area (Å²) in [6.07, 6.45) is -6.47. The number of benzene rings is 2. The first kappa shape index (κ1) is 36.8. The largest absolute Gasteiger partial charge is 0.487 e. The number of hydrogen-bond acceptors (Lipinski definition) is 7. The van der Waals surface area contributed by atoms with Crippen LogP contribution in [0.1, 0.15) is 52.7 Å². The van der Waals surface area contributed by atoms with Gasteiger partial charge in [0.25, 0.3) is 0 Å². The summed E-state index contributed by atoms with van der Waals surface area (Å²) < 4.78 is 80.6. The summed E-state index contributed by atoms with van der Waals surface area (Å²) in [5.41, 5.74) is -1.44. The molecule has 0 N–H and O–H groups in total. The van der Waals surface area contributed by atoms with E-state index < -0.39 is 67.9 Å². The molecule has 0 spiro atoms. The highest BCUT2D eigenvalue weighted by Gasteiger charge is 2.48. The number of rotatable bonds is 9. The van der Waals surface area contributed by atoms with Crippen LogP contribution in [0.3, 0.4) is 0 Å². The fourth-order valence-electron chi connectivity index (χ4n) is 4.48. The van der Waals surface area contributed by atoms with Gasteiger partial charge in [-0.25, -0.2) is 9.18 Å². The first-order valence-corrected chi connectivity index (χ1v) is 17.6. The number of methoxy groups -OCH3 is 1. The Hall–Kier alpha value is -3.65. The number of alkyl halides is 3. The molecule has 3 rings (SSSR count). The predicted octanol–water partition coefficient (Wildman–Crippen LogP) is 7.16. The average Bonchev–Trinajstić information content (AvgIpc) is 3.31. The van der Waals surface area contributed by atoms with Gasteiger partial charge in [0.2, 0.25) is 0 Å². The summed E-state index contributed by atoms with van der Waals surface area (Å²) in [7, 11) is -1.45. The number of anilines is 2. The van der Waals surface area contributed by atoms with Gasteiger partial charge in [-0.15, -0.1) is 0 Å². The van der Waals surface area contributed by atoms with E-state index in [-0.39, 0.29) is 40.8 Å². The van der Waals surface area contributed by atoms with Crippen LogP contribution >= 0.6 is 0 Å². The van der Waals surface area contributed by atoms with Crippen LogP contribution in [0.4, 0.5) is 33.7 Å². The van der Waals surface area contributed by atoms with Gasteiger partial charge >= 0.3 is 24.1 Å². The molecule has 0 aliphatic carbocycles. The standard InChI is InChI=1S/C32H42F4N2O7Si/c1-30(2,3)45-29(41)38-21(19-44-46(8,9)31(4,5)6)15-22-23(38)16-24(43-18-20-13-11-10-12-14-20)27(26(22)33)37(17-25(39)42-7)28(40)32(34,35)36/h10-14,16,21H,15,17-19H2,1-9H3/t21-/m0/s1. The molecule has 2 aromatic rings. The van der Waals surface area contributed by atoms with Crippen molar-refractivity contribution in [2.75, 3.05) is 30.1 Å². The molecule has 0 fully saturated rings. The Kier molecular flexibility index (Phi) is 10.9. The van der Waals surface area contributed by atoms with Gasteiger partial charge in [0.05, 0.1) is 25.4 Å². The Morgan fingerprint density at radius 1 is 1.02 bits per heavy atom. The smallest absolute Gasteiger partial charge is 0.471 e. The normalized spacial score (nSPS) is 15.3. The molecule has 0 aromatic heterocycles. The SMILES string of the molecule is COC(=O)CN(C(=O)C(F)(F)F)c1c(OCc2ccccc2)cc2c(c1F)C[C@@H](CO[Si](C)(C)C(C)(C)C)N2C(=O)OC(C)(C)C. The number of amides is 2. The predicted molar refractivity (Wildman–Crippen MR) is 167 cm³/mol. The van der Waals surface area contributed by atoms with Gasteiger partial charge in [0.15, 0.2) is 14.1 Å². The van der Waals surface area contributed by atoms with E-state index in [4.69, 9.17) is 13.9 Å². The van der Waals surface area contributed by atoms with Gasteiger partial charge in [-0.3, -0.25) is 19.4 Å². The van der Waals surface area contributed by atoms with Crippen LogP contribution in [0, 0.1) is 5.82 Å². The summed E-state index contributed by atoms with van der Waals surface area (Å²) in [5, 5.41) is -0.196. The Morgan fingerprint density at radius 3 is 2.15 bits per heavy atom. The molecule has 1 heterocycles. The Bertz CT molecular complexity index is 1440. The maximum atomic E-state index is 16.7. The lowest BCUT2D eigenvalue weighted by Gasteiger charge is -2.38. The maximum Gasteiger partial charge on any atom is 0.471 e. The lowest BCUT2D eigenvalue weighted by molar-refractivity contribution is -0.171. The number of fused-ring (bicyclic) bond motifs is 1. The second-order valence-corrected chi connectivity index (χ2v) is 18.4. The molecule has 9 nitrogen and oxygen atoms in total. The summed E-state index contributed by atoms with van der Waals surface area (Å²) in [6, 6.07) is 8.90. The molecule has 1 aliphatic rings. The third kappa shape index (κ3) is 8.58. The number of carbonyl (C=O) groups is 3. The molecule has 2 aromatic carbocycles. The Morgan fingerprint density at radius 2 is 1.63 bits per heavy atom. The van der Waals surface area contributed by atoms with Crippen molar-refractivity contribution in [2.24, 2.45) is 0 Å². The van der Waals surface area contributed by atoms with Crippen LogP contribution in [0.5, 0.6) is 5.75 Å². The summed E-state index contributed by atoms with van der Waals surface area (Å²) in [6.45, 7) is 13.6. The topological polar surface area (TPSA) is 94.6 Å². The van der Waals surface area contributed by atoms with Crippen molar-refractivity contribution < 1.29 is 50.6 Å². The third-order valence-corrected chi connectivity index (χ3v) is 12.4.